The van der Waals surface area contributed by atoms with Crippen molar-refractivity contribution in [3.8, 4) is 6.07 Å². The monoisotopic (exact) mass is 203 g/mol. The lowest BCUT2D eigenvalue weighted by Gasteiger charge is -2.28. The Morgan fingerprint density at radius 2 is 2.23 bits per heavy atom. The second-order valence-electron chi connectivity index (χ2n) is 3.60. The molecule has 0 bridgehead atoms. The highest BCUT2D eigenvalue weighted by Gasteiger charge is 2.51. The van der Waals surface area contributed by atoms with Crippen LogP contribution in [0.2, 0.25) is 0 Å². The Bertz CT molecular complexity index is 343. The summed E-state index contributed by atoms with van der Waals surface area (Å²) in [6, 6.07) is 1.90. The van der Waals surface area contributed by atoms with Gasteiger partial charge in [0.2, 0.25) is 0 Å². The first-order valence-electron chi connectivity index (χ1n) is 4.18. The van der Waals surface area contributed by atoms with E-state index in [1.54, 1.807) is 6.92 Å². The topological polar surface area (TPSA) is 78.2 Å². The van der Waals surface area contributed by atoms with Crippen molar-refractivity contribution in [2.45, 2.75) is 31.1 Å². The van der Waals surface area contributed by atoms with Gasteiger partial charge >= 0.3 is 0 Å². The summed E-state index contributed by atoms with van der Waals surface area (Å²) in [6.07, 6.45) is 0.172. The number of hydrogen-bond donors (Lipinski definition) is 1. The third-order valence-corrected chi connectivity index (χ3v) is 5.23. The molecule has 3 unspecified atom stereocenters. The maximum absolute atomic E-state index is 11.3. The van der Waals surface area contributed by atoms with Gasteiger partial charge in [-0.15, -0.1) is 0 Å². The molecule has 0 aromatic heterocycles. The van der Waals surface area contributed by atoms with Gasteiger partial charge in [-0.05, 0) is 20.3 Å². The van der Waals surface area contributed by atoms with Gasteiger partial charge in [-0.3, -0.25) is 0 Å². The van der Waals surface area contributed by atoms with E-state index < -0.39 is 26.6 Å². The fourth-order valence-electron chi connectivity index (χ4n) is 1.68. The molecular weight excluding hydrogens is 190 g/mol. The molecule has 1 heterocycles. The van der Waals surface area contributed by atoms with Gasteiger partial charge < -0.3 is 5.11 Å². The zero-order valence-corrected chi connectivity index (χ0v) is 8.50. The minimum Gasteiger partial charge on any atom is -0.387 e. The van der Waals surface area contributed by atoms with E-state index in [0.717, 1.165) is 0 Å². The predicted octanol–water partition coefficient (Wildman–Crippen LogP) is 0.0842. The van der Waals surface area contributed by atoms with E-state index in [0.29, 0.717) is 0 Å². The normalized spacial score (nSPS) is 39.7. The Labute approximate surface area is 78.1 Å². The Hall–Kier alpha value is -0.600. The van der Waals surface area contributed by atoms with Crippen LogP contribution in [0.5, 0.6) is 0 Å². The SMILES string of the molecule is CC(C#N)C1(O)CCS(=O)(=O)C1C. The van der Waals surface area contributed by atoms with E-state index in [1.165, 1.54) is 6.92 Å². The van der Waals surface area contributed by atoms with Crippen LogP contribution >= 0.6 is 0 Å². The van der Waals surface area contributed by atoms with Gasteiger partial charge in [0, 0.05) is 0 Å². The van der Waals surface area contributed by atoms with Crippen molar-refractivity contribution in [3.05, 3.63) is 0 Å². The molecule has 0 aliphatic carbocycles. The molecule has 1 aliphatic rings. The van der Waals surface area contributed by atoms with Gasteiger partial charge in [0.1, 0.15) is 0 Å². The second-order valence-corrected chi connectivity index (χ2v) is 6.04. The van der Waals surface area contributed by atoms with E-state index in [4.69, 9.17) is 5.26 Å². The van der Waals surface area contributed by atoms with E-state index in [-0.39, 0.29) is 12.2 Å². The summed E-state index contributed by atoms with van der Waals surface area (Å²) < 4.78 is 22.7. The fourth-order valence-corrected chi connectivity index (χ4v) is 3.59. The van der Waals surface area contributed by atoms with E-state index in [9.17, 15) is 13.5 Å². The predicted molar refractivity (Wildman–Crippen MR) is 47.6 cm³/mol. The van der Waals surface area contributed by atoms with E-state index in [1.807, 2.05) is 6.07 Å². The Kier molecular flexibility index (Phi) is 2.39. The van der Waals surface area contributed by atoms with Crippen LogP contribution in [0.1, 0.15) is 20.3 Å². The maximum Gasteiger partial charge on any atom is 0.155 e. The van der Waals surface area contributed by atoms with Crippen molar-refractivity contribution in [3.63, 3.8) is 0 Å². The molecule has 3 atom stereocenters. The zero-order valence-electron chi connectivity index (χ0n) is 7.69. The molecule has 1 rings (SSSR count). The summed E-state index contributed by atoms with van der Waals surface area (Å²) in [7, 11) is -3.19. The number of sulfone groups is 1. The molecule has 0 radical (unpaired) electrons. The third-order valence-electron chi connectivity index (χ3n) is 2.97. The summed E-state index contributed by atoms with van der Waals surface area (Å²) in [5, 5.41) is 17.8. The van der Waals surface area contributed by atoms with Crippen LogP contribution in [-0.2, 0) is 9.84 Å². The average molecular weight is 203 g/mol. The summed E-state index contributed by atoms with van der Waals surface area (Å²) in [6.45, 7) is 3.02. The molecule has 0 aromatic rings. The van der Waals surface area contributed by atoms with Crippen LogP contribution < -0.4 is 0 Å². The molecule has 0 aromatic carbocycles. The fraction of sp³-hybridized carbons (Fsp3) is 0.875. The van der Waals surface area contributed by atoms with E-state index in [2.05, 4.69) is 0 Å². The van der Waals surface area contributed by atoms with Gasteiger partial charge in [0.15, 0.2) is 9.84 Å². The smallest absolute Gasteiger partial charge is 0.155 e. The summed E-state index contributed by atoms with van der Waals surface area (Å²) >= 11 is 0. The first-order chi connectivity index (χ1) is 5.84. The molecule has 1 N–H and O–H groups in total. The van der Waals surface area contributed by atoms with Crippen LogP contribution in [0.25, 0.3) is 0 Å². The highest BCUT2D eigenvalue weighted by Crippen LogP contribution is 2.36. The number of nitriles is 1. The zero-order chi connectivity index (χ0) is 10.3. The summed E-state index contributed by atoms with van der Waals surface area (Å²) in [5.74, 6) is -0.656. The maximum atomic E-state index is 11.3. The molecule has 74 valence electrons. The van der Waals surface area contributed by atoms with Crippen LogP contribution in [-0.4, -0.2) is 30.1 Å². The minimum absolute atomic E-state index is 0.0172. The molecular formula is C8H13NO3S. The van der Waals surface area contributed by atoms with Gasteiger partial charge in [0.05, 0.1) is 28.6 Å². The van der Waals surface area contributed by atoms with Crippen molar-refractivity contribution in [2.75, 3.05) is 5.75 Å². The third kappa shape index (κ3) is 1.45. The van der Waals surface area contributed by atoms with Crippen LogP contribution in [0.15, 0.2) is 0 Å². The lowest BCUT2D eigenvalue weighted by Crippen LogP contribution is -2.43. The molecule has 1 saturated heterocycles. The van der Waals surface area contributed by atoms with Crippen molar-refractivity contribution in [1.29, 1.82) is 5.26 Å². The first-order valence-corrected chi connectivity index (χ1v) is 5.89. The van der Waals surface area contributed by atoms with Crippen molar-refractivity contribution >= 4 is 9.84 Å². The highest BCUT2D eigenvalue weighted by atomic mass is 32.2. The van der Waals surface area contributed by atoms with Gasteiger partial charge in [-0.1, -0.05) is 0 Å². The van der Waals surface area contributed by atoms with Crippen molar-refractivity contribution in [2.24, 2.45) is 5.92 Å². The van der Waals surface area contributed by atoms with Gasteiger partial charge in [0.25, 0.3) is 0 Å². The number of aliphatic hydroxyl groups is 1. The Morgan fingerprint density at radius 3 is 2.54 bits per heavy atom. The average Bonchev–Trinajstić information content (AvgIpc) is 2.30. The molecule has 5 heteroatoms. The molecule has 4 nitrogen and oxygen atoms in total. The molecule has 0 saturated carbocycles. The quantitative estimate of drug-likeness (QED) is 0.654. The van der Waals surface area contributed by atoms with E-state index >= 15 is 0 Å². The first kappa shape index (κ1) is 10.5. The second kappa shape index (κ2) is 2.96. The Morgan fingerprint density at radius 1 is 1.69 bits per heavy atom. The van der Waals surface area contributed by atoms with Crippen LogP contribution in [0.3, 0.4) is 0 Å². The molecule has 1 aliphatic heterocycles. The molecule has 13 heavy (non-hydrogen) atoms. The largest absolute Gasteiger partial charge is 0.387 e. The van der Waals surface area contributed by atoms with Crippen LogP contribution in [0, 0.1) is 17.2 Å². The molecule has 0 spiro atoms. The van der Waals surface area contributed by atoms with Gasteiger partial charge in [-0.2, -0.15) is 5.26 Å². The molecule has 0 amide bonds. The lowest BCUT2D eigenvalue weighted by atomic mass is 9.85. The number of hydrogen-bond acceptors (Lipinski definition) is 4. The molecule has 1 fully saturated rings. The Balaban J connectivity index is 3.05. The summed E-state index contributed by atoms with van der Waals surface area (Å²) in [5.41, 5.74) is -1.35. The minimum atomic E-state index is -3.19. The number of nitrogens with zero attached hydrogens (tertiary/aromatic N) is 1. The number of rotatable bonds is 1. The lowest BCUT2D eigenvalue weighted by molar-refractivity contribution is 0.0132. The van der Waals surface area contributed by atoms with Crippen molar-refractivity contribution in [1.82, 2.24) is 0 Å². The summed E-state index contributed by atoms with van der Waals surface area (Å²) in [4.78, 5) is 0. The highest BCUT2D eigenvalue weighted by molar-refractivity contribution is 7.92. The standard InChI is InChI=1S/C8H13NO3S/c1-6(5-9)8(10)3-4-13(11,12)7(8)2/h6-7,10H,3-4H2,1-2H3. The van der Waals surface area contributed by atoms with Crippen molar-refractivity contribution < 1.29 is 13.5 Å². The van der Waals surface area contributed by atoms with Crippen LogP contribution in [0.4, 0.5) is 0 Å². The van der Waals surface area contributed by atoms with Gasteiger partial charge in [-0.25, -0.2) is 8.42 Å².